The van der Waals surface area contributed by atoms with Gasteiger partial charge in [-0.25, -0.2) is 0 Å². The lowest BCUT2D eigenvalue weighted by Crippen LogP contribution is -2.31. The van der Waals surface area contributed by atoms with Gasteiger partial charge in [0, 0.05) is 17.0 Å². The lowest BCUT2D eigenvalue weighted by molar-refractivity contribution is 0.358. The molecule has 0 aromatic carbocycles. The van der Waals surface area contributed by atoms with Crippen molar-refractivity contribution in [1.29, 1.82) is 0 Å². The van der Waals surface area contributed by atoms with Gasteiger partial charge in [-0.1, -0.05) is 5.11 Å². The van der Waals surface area contributed by atoms with Crippen LogP contribution in [0.2, 0.25) is 0 Å². The Morgan fingerprint density at radius 1 is 1.36 bits per heavy atom. The van der Waals surface area contributed by atoms with E-state index in [1.54, 1.807) is 0 Å². The van der Waals surface area contributed by atoms with E-state index in [1.165, 1.54) is 0 Å². The smallest absolute Gasteiger partial charge is 0.0375 e. The summed E-state index contributed by atoms with van der Waals surface area (Å²) in [7, 11) is 1.98. The van der Waals surface area contributed by atoms with Crippen LogP contribution in [0, 0.1) is 0 Å². The van der Waals surface area contributed by atoms with Crippen molar-refractivity contribution in [2.75, 3.05) is 7.05 Å². The third kappa shape index (κ3) is 2.41. The monoisotopic (exact) mass is 154 g/mol. The molecule has 4 heteroatoms. The number of hydrogen-bond acceptors (Lipinski definition) is 2. The van der Waals surface area contributed by atoms with Crippen LogP contribution in [-0.2, 0) is 0 Å². The molecule has 1 N–H and O–H groups in total. The minimum Gasteiger partial charge on any atom is -0.317 e. The van der Waals surface area contributed by atoms with Gasteiger partial charge in [-0.2, -0.15) is 0 Å². The van der Waals surface area contributed by atoms with E-state index in [0.29, 0.717) is 6.04 Å². The molecule has 4 nitrogen and oxygen atoms in total. The van der Waals surface area contributed by atoms with E-state index in [-0.39, 0.29) is 6.04 Å². The molecule has 1 aliphatic carbocycles. The second-order valence-corrected chi connectivity index (χ2v) is 3.00. The fraction of sp³-hybridized carbons (Fsp3) is 1.00. The van der Waals surface area contributed by atoms with Crippen molar-refractivity contribution in [3.63, 3.8) is 0 Å². The highest BCUT2D eigenvalue weighted by atomic mass is 15.1. The summed E-state index contributed by atoms with van der Waals surface area (Å²) in [4.78, 5) is 2.81. The van der Waals surface area contributed by atoms with E-state index in [2.05, 4.69) is 15.3 Å². The number of nitrogens with one attached hydrogen (secondary N) is 1. The summed E-state index contributed by atoms with van der Waals surface area (Å²) in [6.45, 7) is 0. The van der Waals surface area contributed by atoms with E-state index in [4.69, 9.17) is 5.53 Å². The van der Waals surface area contributed by atoms with Gasteiger partial charge < -0.3 is 5.32 Å². The molecular formula is C7H14N4. The average Bonchev–Trinajstić information content (AvgIpc) is 2.07. The molecule has 0 radical (unpaired) electrons. The normalized spacial score (nSPS) is 31.0. The van der Waals surface area contributed by atoms with Crippen LogP contribution in [0.1, 0.15) is 25.7 Å². The first-order valence-corrected chi connectivity index (χ1v) is 4.08. The summed E-state index contributed by atoms with van der Waals surface area (Å²) in [5, 5.41) is 6.94. The van der Waals surface area contributed by atoms with E-state index in [9.17, 15) is 0 Å². The molecule has 62 valence electrons. The molecule has 0 unspecified atom stereocenters. The van der Waals surface area contributed by atoms with E-state index in [1.807, 2.05) is 7.05 Å². The molecule has 1 saturated carbocycles. The maximum absolute atomic E-state index is 8.18. The molecule has 11 heavy (non-hydrogen) atoms. The number of nitrogens with zero attached hydrogens (tertiary/aromatic N) is 3. The minimum absolute atomic E-state index is 0.254. The second-order valence-electron chi connectivity index (χ2n) is 3.00. The zero-order valence-electron chi connectivity index (χ0n) is 6.82. The predicted molar refractivity (Wildman–Crippen MR) is 44.2 cm³/mol. The van der Waals surface area contributed by atoms with Crippen LogP contribution in [0.5, 0.6) is 0 Å². The molecule has 0 aromatic heterocycles. The fourth-order valence-corrected chi connectivity index (χ4v) is 1.55. The highest BCUT2D eigenvalue weighted by Gasteiger charge is 2.18. The Kier molecular flexibility index (Phi) is 3.20. The molecule has 1 aliphatic rings. The van der Waals surface area contributed by atoms with Crippen molar-refractivity contribution in [3.05, 3.63) is 10.4 Å². The summed E-state index contributed by atoms with van der Waals surface area (Å²) in [5.41, 5.74) is 8.18. The molecule has 0 aliphatic heterocycles. The summed E-state index contributed by atoms with van der Waals surface area (Å²) in [6, 6.07) is 0.893. The number of azide groups is 1. The van der Waals surface area contributed by atoms with Crippen LogP contribution < -0.4 is 5.32 Å². The molecule has 0 aromatic rings. The van der Waals surface area contributed by atoms with E-state index < -0.39 is 0 Å². The van der Waals surface area contributed by atoms with Gasteiger partial charge in [-0.15, -0.1) is 0 Å². The van der Waals surface area contributed by atoms with Gasteiger partial charge in [0.2, 0.25) is 0 Å². The predicted octanol–water partition coefficient (Wildman–Crippen LogP) is 1.83. The second kappa shape index (κ2) is 4.21. The van der Waals surface area contributed by atoms with Crippen LogP contribution >= 0.6 is 0 Å². The largest absolute Gasteiger partial charge is 0.317 e. The van der Waals surface area contributed by atoms with E-state index in [0.717, 1.165) is 25.7 Å². The van der Waals surface area contributed by atoms with Crippen LogP contribution in [0.15, 0.2) is 5.11 Å². The maximum atomic E-state index is 8.18. The van der Waals surface area contributed by atoms with Crippen molar-refractivity contribution in [1.82, 2.24) is 5.32 Å². The quantitative estimate of drug-likeness (QED) is 0.368. The lowest BCUT2D eigenvalue weighted by atomic mass is 9.92. The van der Waals surface area contributed by atoms with Gasteiger partial charge in [0.15, 0.2) is 0 Å². The molecule has 0 atom stereocenters. The molecule has 0 heterocycles. The molecule has 1 rings (SSSR count). The first-order chi connectivity index (χ1) is 5.36. The Labute approximate surface area is 66.6 Å². The Bertz CT molecular complexity index is 154. The standard InChI is InChI=1S/C7H14N4/c1-9-6-2-4-7(5-3-6)10-11-8/h6-7,9H,2-5H2,1H3. The summed E-state index contributed by atoms with van der Waals surface area (Å²) < 4.78 is 0. The van der Waals surface area contributed by atoms with Gasteiger partial charge in [-0.05, 0) is 38.3 Å². The Morgan fingerprint density at radius 3 is 2.45 bits per heavy atom. The van der Waals surface area contributed by atoms with Crippen LogP contribution in [-0.4, -0.2) is 19.1 Å². The molecule has 0 bridgehead atoms. The first-order valence-electron chi connectivity index (χ1n) is 4.08. The summed E-state index contributed by atoms with van der Waals surface area (Å²) in [5.74, 6) is 0. The third-order valence-corrected chi connectivity index (χ3v) is 2.32. The highest BCUT2D eigenvalue weighted by molar-refractivity contribution is 4.79. The topological polar surface area (TPSA) is 60.8 Å². The Hall–Kier alpha value is -0.730. The highest BCUT2D eigenvalue weighted by Crippen LogP contribution is 2.20. The average molecular weight is 154 g/mol. The van der Waals surface area contributed by atoms with Crippen molar-refractivity contribution in [3.8, 4) is 0 Å². The molecule has 1 fully saturated rings. The molecule has 0 saturated heterocycles. The maximum Gasteiger partial charge on any atom is 0.0375 e. The van der Waals surface area contributed by atoms with Crippen molar-refractivity contribution in [2.24, 2.45) is 5.11 Å². The minimum atomic E-state index is 0.254. The molecule has 0 amide bonds. The zero-order chi connectivity index (χ0) is 8.10. The van der Waals surface area contributed by atoms with Crippen molar-refractivity contribution >= 4 is 0 Å². The first kappa shape index (κ1) is 8.37. The van der Waals surface area contributed by atoms with Gasteiger partial charge in [0.1, 0.15) is 0 Å². The Morgan fingerprint density at radius 2 is 2.00 bits per heavy atom. The van der Waals surface area contributed by atoms with Gasteiger partial charge in [0.25, 0.3) is 0 Å². The summed E-state index contributed by atoms with van der Waals surface area (Å²) in [6.07, 6.45) is 4.35. The van der Waals surface area contributed by atoms with Crippen LogP contribution in [0.25, 0.3) is 10.4 Å². The number of rotatable bonds is 2. The fourth-order valence-electron chi connectivity index (χ4n) is 1.55. The Balaban J connectivity index is 2.29. The van der Waals surface area contributed by atoms with E-state index >= 15 is 0 Å². The molecular weight excluding hydrogens is 140 g/mol. The van der Waals surface area contributed by atoms with Crippen LogP contribution in [0.4, 0.5) is 0 Å². The third-order valence-electron chi connectivity index (χ3n) is 2.32. The SMILES string of the molecule is CNC1CCC(N=[N+]=[N-])CC1. The van der Waals surface area contributed by atoms with Gasteiger partial charge >= 0.3 is 0 Å². The molecule has 0 spiro atoms. The van der Waals surface area contributed by atoms with Crippen molar-refractivity contribution in [2.45, 2.75) is 37.8 Å². The summed E-state index contributed by atoms with van der Waals surface area (Å²) >= 11 is 0. The van der Waals surface area contributed by atoms with Gasteiger partial charge in [-0.3, -0.25) is 0 Å². The number of hydrogen-bond donors (Lipinski definition) is 1. The van der Waals surface area contributed by atoms with Crippen molar-refractivity contribution < 1.29 is 0 Å². The lowest BCUT2D eigenvalue weighted by Gasteiger charge is -2.24. The van der Waals surface area contributed by atoms with Crippen LogP contribution in [0.3, 0.4) is 0 Å². The zero-order valence-corrected chi connectivity index (χ0v) is 6.82. The van der Waals surface area contributed by atoms with Gasteiger partial charge in [0.05, 0.1) is 0 Å².